The highest BCUT2D eigenvalue weighted by Crippen LogP contribution is 2.41. The van der Waals surface area contributed by atoms with Gasteiger partial charge in [0.1, 0.15) is 0 Å². The Morgan fingerprint density at radius 3 is 1.16 bits per heavy atom. The van der Waals surface area contributed by atoms with Gasteiger partial charge in [-0.05, 0) is 63.0 Å². The molecule has 0 spiro atoms. The van der Waals surface area contributed by atoms with E-state index in [0.29, 0.717) is 26.1 Å². The van der Waals surface area contributed by atoms with Gasteiger partial charge in [0.25, 0.3) is 0 Å². The van der Waals surface area contributed by atoms with Gasteiger partial charge in [-0.3, -0.25) is 9.59 Å². The van der Waals surface area contributed by atoms with Crippen LogP contribution in [0.15, 0.2) is 0 Å². The normalized spacial score (nSPS) is 15.2. The molecule has 0 fully saturated rings. The largest absolute Gasteiger partial charge is 0.466 e. The van der Waals surface area contributed by atoms with Gasteiger partial charge in [0, 0.05) is 12.8 Å². The van der Waals surface area contributed by atoms with E-state index in [2.05, 4.69) is 67.7 Å². The van der Waals surface area contributed by atoms with E-state index in [-0.39, 0.29) is 47.1 Å². The minimum Gasteiger partial charge on any atom is -0.466 e. The number of carbonyl (C=O) groups excluding carboxylic acids is 2. The first-order valence-electron chi connectivity index (χ1n) is 12.0. The minimum atomic E-state index is -2.15. The maximum absolute atomic E-state index is 12.2. The van der Waals surface area contributed by atoms with Gasteiger partial charge in [-0.15, -0.1) is 0 Å². The Labute approximate surface area is 199 Å². The van der Waals surface area contributed by atoms with E-state index in [1.165, 1.54) is 0 Å². The molecule has 0 amide bonds. The lowest BCUT2D eigenvalue weighted by Crippen LogP contribution is -2.52. The fourth-order valence-corrected chi connectivity index (χ4v) is 5.50. The quantitative estimate of drug-likeness (QED) is 0.218. The summed E-state index contributed by atoms with van der Waals surface area (Å²) < 4.78 is 24.0. The Kier molecular flexibility index (Phi) is 12.4. The summed E-state index contributed by atoms with van der Waals surface area (Å²) in [5, 5.41) is 0.0235. The van der Waals surface area contributed by atoms with Crippen LogP contribution in [0.25, 0.3) is 0 Å². The molecule has 0 aliphatic heterocycles. The number of carbonyl (C=O) groups is 2. The van der Waals surface area contributed by atoms with E-state index in [1.807, 2.05) is 13.8 Å². The van der Waals surface area contributed by atoms with Crippen molar-refractivity contribution in [2.45, 2.75) is 130 Å². The Bertz CT molecular complexity index is 538. The van der Waals surface area contributed by atoms with Crippen LogP contribution in [0.5, 0.6) is 0 Å². The van der Waals surface area contributed by atoms with Gasteiger partial charge in [-0.2, -0.15) is 0 Å². The van der Waals surface area contributed by atoms with Gasteiger partial charge in [0.05, 0.1) is 25.4 Å². The number of rotatable bonds is 13. The summed E-state index contributed by atoms with van der Waals surface area (Å²) in [7, 11) is -4.29. The lowest BCUT2D eigenvalue weighted by atomic mass is 10.0. The van der Waals surface area contributed by atoms with Crippen molar-refractivity contribution in [3.05, 3.63) is 0 Å². The highest BCUT2D eigenvalue weighted by molar-refractivity contribution is 6.74. The van der Waals surface area contributed by atoms with Gasteiger partial charge in [0.2, 0.25) is 0 Å². The van der Waals surface area contributed by atoms with Crippen molar-refractivity contribution in [1.82, 2.24) is 0 Å². The predicted octanol–water partition coefficient (Wildman–Crippen LogP) is 6.45. The molecule has 0 aromatic carbocycles. The van der Waals surface area contributed by atoms with E-state index in [4.69, 9.17) is 18.3 Å². The molecule has 0 heterocycles. The summed E-state index contributed by atoms with van der Waals surface area (Å²) in [6, 6.07) is 0. The number of esters is 2. The molecule has 8 heteroatoms. The molecule has 0 saturated heterocycles. The summed E-state index contributed by atoms with van der Waals surface area (Å²) in [6.45, 7) is 26.4. The van der Waals surface area contributed by atoms with Gasteiger partial charge in [-0.1, -0.05) is 41.5 Å². The maximum Gasteiger partial charge on any atom is 0.305 e. The van der Waals surface area contributed by atoms with Crippen molar-refractivity contribution >= 4 is 28.6 Å². The number of hydrogen-bond acceptors (Lipinski definition) is 6. The minimum absolute atomic E-state index is 0.0117. The molecule has 0 aromatic rings. The predicted molar refractivity (Wildman–Crippen MR) is 136 cm³/mol. The molecular weight excluding hydrogens is 440 g/mol. The smallest absolute Gasteiger partial charge is 0.305 e. The Balaban J connectivity index is 5.96. The highest BCUT2D eigenvalue weighted by Gasteiger charge is 2.44. The average molecular weight is 491 g/mol. The molecule has 0 saturated carbocycles. The zero-order chi connectivity index (χ0) is 25.4. The Hall–Kier alpha value is -0.706. The Morgan fingerprint density at radius 2 is 0.938 bits per heavy atom. The van der Waals surface area contributed by atoms with E-state index >= 15 is 0 Å². The van der Waals surface area contributed by atoms with Crippen LogP contribution >= 0.6 is 0 Å². The number of ether oxygens (including phenoxy) is 2. The molecule has 0 unspecified atom stereocenters. The van der Waals surface area contributed by atoms with Crippen LogP contribution in [-0.2, 0) is 27.9 Å². The zero-order valence-electron chi connectivity index (χ0n) is 22.8. The first kappa shape index (κ1) is 31.3. The molecule has 2 atom stereocenters. The second-order valence-corrected chi connectivity index (χ2v) is 21.0. The Morgan fingerprint density at radius 1 is 0.656 bits per heavy atom. The van der Waals surface area contributed by atoms with Crippen molar-refractivity contribution in [3.8, 4) is 0 Å². The van der Waals surface area contributed by atoms with Crippen LogP contribution in [0.1, 0.15) is 81.1 Å². The standard InChI is InChI=1S/C24H50O6Si2/c1-13-27-21(25)17-15-19(29-31(9,10)23(3,4)5)20(16-18-22(26)28-14-2)30-32(11,12)24(6,7)8/h19-20H,13-18H2,1-12H3/t19-,20-/m0/s1. The van der Waals surface area contributed by atoms with Crippen LogP contribution in [-0.4, -0.2) is 54.0 Å². The molecule has 190 valence electrons. The molecular formula is C24H50O6Si2. The second kappa shape index (κ2) is 12.7. The summed E-state index contributed by atoms with van der Waals surface area (Å²) >= 11 is 0. The second-order valence-electron chi connectivity index (χ2n) is 11.5. The fourth-order valence-electron chi connectivity index (χ4n) is 2.74. The molecule has 32 heavy (non-hydrogen) atoms. The van der Waals surface area contributed by atoms with E-state index in [9.17, 15) is 9.59 Å². The first-order valence-corrected chi connectivity index (χ1v) is 17.9. The van der Waals surface area contributed by atoms with E-state index < -0.39 is 16.6 Å². The van der Waals surface area contributed by atoms with E-state index in [1.54, 1.807) is 0 Å². The monoisotopic (exact) mass is 490 g/mol. The van der Waals surface area contributed by atoms with Crippen molar-refractivity contribution in [2.75, 3.05) is 13.2 Å². The third-order valence-electron chi connectivity index (χ3n) is 6.80. The van der Waals surface area contributed by atoms with Gasteiger partial charge in [0.15, 0.2) is 16.6 Å². The van der Waals surface area contributed by atoms with Gasteiger partial charge in [-0.25, -0.2) is 0 Å². The molecule has 0 aliphatic carbocycles. The topological polar surface area (TPSA) is 71.1 Å². The van der Waals surface area contributed by atoms with Crippen LogP contribution in [0, 0.1) is 0 Å². The third kappa shape index (κ3) is 10.5. The lowest BCUT2D eigenvalue weighted by Gasteiger charge is -2.45. The SMILES string of the molecule is CCOC(=O)CC[C@H](O[Si](C)(C)C(C)(C)C)[C@H](CCC(=O)OCC)O[Si](C)(C)C(C)(C)C. The summed E-state index contributed by atoms with van der Waals surface area (Å²) in [5.41, 5.74) is 0. The molecule has 0 bridgehead atoms. The lowest BCUT2D eigenvalue weighted by molar-refractivity contribution is -0.145. The summed E-state index contributed by atoms with van der Waals surface area (Å²) in [5.74, 6) is -0.458. The van der Waals surface area contributed by atoms with Crippen LogP contribution in [0.4, 0.5) is 0 Å². The molecule has 0 N–H and O–H groups in total. The molecule has 0 radical (unpaired) electrons. The van der Waals surface area contributed by atoms with Crippen molar-refractivity contribution in [3.63, 3.8) is 0 Å². The van der Waals surface area contributed by atoms with Gasteiger partial charge < -0.3 is 18.3 Å². The number of hydrogen-bond donors (Lipinski definition) is 0. The first-order chi connectivity index (χ1) is 14.4. The zero-order valence-corrected chi connectivity index (χ0v) is 24.8. The van der Waals surface area contributed by atoms with Gasteiger partial charge >= 0.3 is 11.9 Å². The van der Waals surface area contributed by atoms with Crippen LogP contribution < -0.4 is 0 Å². The fraction of sp³-hybridized carbons (Fsp3) is 0.917. The molecule has 0 rings (SSSR count). The molecule has 0 aromatic heterocycles. The third-order valence-corrected chi connectivity index (χ3v) is 15.8. The molecule has 0 aliphatic rings. The van der Waals surface area contributed by atoms with Crippen LogP contribution in [0.3, 0.4) is 0 Å². The van der Waals surface area contributed by atoms with E-state index in [0.717, 1.165) is 0 Å². The average Bonchev–Trinajstić information content (AvgIpc) is 2.60. The van der Waals surface area contributed by atoms with Crippen molar-refractivity contribution < 1.29 is 27.9 Å². The summed E-state index contributed by atoms with van der Waals surface area (Å²) in [4.78, 5) is 24.3. The highest BCUT2D eigenvalue weighted by atomic mass is 28.4. The van der Waals surface area contributed by atoms with Crippen molar-refractivity contribution in [1.29, 1.82) is 0 Å². The summed E-state index contributed by atoms with van der Waals surface area (Å²) in [6.07, 6.45) is 0.974. The van der Waals surface area contributed by atoms with Crippen LogP contribution in [0.2, 0.25) is 36.3 Å². The molecule has 6 nitrogen and oxygen atoms in total. The van der Waals surface area contributed by atoms with Crippen molar-refractivity contribution in [2.24, 2.45) is 0 Å². The maximum atomic E-state index is 12.2.